The van der Waals surface area contributed by atoms with Crippen molar-refractivity contribution in [1.29, 1.82) is 0 Å². The van der Waals surface area contributed by atoms with Crippen molar-refractivity contribution < 1.29 is 4.74 Å². The summed E-state index contributed by atoms with van der Waals surface area (Å²) in [6, 6.07) is 22.6. The Labute approximate surface area is 119 Å². The molecule has 0 fully saturated rings. The highest BCUT2D eigenvalue weighted by Gasteiger charge is 1.97. The Morgan fingerprint density at radius 1 is 0.750 bits per heavy atom. The van der Waals surface area contributed by atoms with Gasteiger partial charge in [-0.3, -0.25) is 0 Å². The number of rotatable bonds is 5. The summed E-state index contributed by atoms with van der Waals surface area (Å²) >= 11 is 0. The van der Waals surface area contributed by atoms with Crippen LogP contribution in [0.4, 0.5) is 0 Å². The van der Waals surface area contributed by atoms with Crippen molar-refractivity contribution in [2.45, 2.75) is 6.42 Å². The lowest BCUT2D eigenvalue weighted by Gasteiger charge is -2.08. The van der Waals surface area contributed by atoms with Gasteiger partial charge in [-0.2, -0.15) is 0 Å². The summed E-state index contributed by atoms with van der Waals surface area (Å²) in [4.78, 5) is 0. The monoisotopic (exact) mass is 263 g/mol. The number of benzene rings is 2. The molecule has 2 aromatic carbocycles. The molecule has 0 radical (unpaired) electrons. The highest BCUT2D eigenvalue weighted by atomic mass is 16.5. The van der Waals surface area contributed by atoms with Crippen LogP contribution in [0.15, 0.2) is 79.1 Å². The third kappa shape index (κ3) is 3.09. The van der Waals surface area contributed by atoms with Gasteiger partial charge in [0.2, 0.25) is 0 Å². The molecule has 2 heteroatoms. The van der Waals surface area contributed by atoms with Crippen LogP contribution in [-0.4, -0.2) is 11.2 Å². The molecule has 0 amide bonds. The average Bonchev–Trinajstić information content (AvgIpc) is 3.03. The first kappa shape index (κ1) is 12.5. The second-order valence-electron chi connectivity index (χ2n) is 4.67. The van der Waals surface area contributed by atoms with Crippen LogP contribution in [0.5, 0.6) is 5.75 Å². The highest BCUT2D eigenvalue weighted by Crippen LogP contribution is 2.15. The molecule has 0 atom stereocenters. The molecule has 0 saturated carbocycles. The number of hydrogen-bond acceptors (Lipinski definition) is 1. The Morgan fingerprint density at radius 2 is 1.45 bits per heavy atom. The second kappa shape index (κ2) is 6.11. The summed E-state index contributed by atoms with van der Waals surface area (Å²) in [6.45, 7) is 0.701. The minimum atomic E-state index is 0.701. The topological polar surface area (TPSA) is 14.2 Å². The molecular formula is C18H17NO. The zero-order chi connectivity index (χ0) is 13.6. The molecule has 3 aromatic rings. The van der Waals surface area contributed by atoms with E-state index in [-0.39, 0.29) is 0 Å². The summed E-state index contributed by atoms with van der Waals surface area (Å²) < 4.78 is 7.85. The Morgan fingerprint density at radius 3 is 2.15 bits per heavy atom. The molecule has 20 heavy (non-hydrogen) atoms. The van der Waals surface area contributed by atoms with Crippen LogP contribution in [0.2, 0.25) is 0 Å². The number of ether oxygens (including phenoxy) is 1. The smallest absolute Gasteiger partial charge is 0.119 e. The van der Waals surface area contributed by atoms with Crippen LogP contribution in [0, 0.1) is 0 Å². The van der Waals surface area contributed by atoms with Gasteiger partial charge in [0.1, 0.15) is 5.75 Å². The quantitative estimate of drug-likeness (QED) is 0.676. The predicted octanol–water partition coefficient (Wildman–Crippen LogP) is 4.10. The van der Waals surface area contributed by atoms with Crippen molar-refractivity contribution in [3.05, 3.63) is 84.7 Å². The molecule has 0 aliphatic carbocycles. The fourth-order valence-corrected chi connectivity index (χ4v) is 2.15. The van der Waals surface area contributed by atoms with Gasteiger partial charge in [-0.15, -0.1) is 0 Å². The van der Waals surface area contributed by atoms with Gasteiger partial charge in [0.15, 0.2) is 0 Å². The van der Waals surface area contributed by atoms with Crippen LogP contribution in [-0.2, 0) is 6.42 Å². The van der Waals surface area contributed by atoms with Gasteiger partial charge in [-0.1, -0.05) is 30.3 Å². The van der Waals surface area contributed by atoms with Crippen molar-refractivity contribution in [2.75, 3.05) is 6.61 Å². The standard InChI is InChI=1S/C18H17NO/c1-2-6-16(7-3-1)12-15-20-18-10-8-17(9-11-18)19-13-4-5-14-19/h1-11,13-14H,12,15H2. The molecule has 0 spiro atoms. The van der Waals surface area contributed by atoms with Crippen molar-refractivity contribution in [1.82, 2.24) is 4.57 Å². The first-order chi connectivity index (χ1) is 9.92. The fraction of sp³-hybridized carbons (Fsp3) is 0.111. The lowest BCUT2D eigenvalue weighted by molar-refractivity contribution is 0.322. The molecule has 0 N–H and O–H groups in total. The minimum absolute atomic E-state index is 0.701. The van der Waals surface area contributed by atoms with E-state index in [4.69, 9.17) is 4.74 Å². The van der Waals surface area contributed by atoms with E-state index in [1.807, 2.05) is 42.7 Å². The van der Waals surface area contributed by atoms with Gasteiger partial charge in [0.05, 0.1) is 6.61 Å². The van der Waals surface area contributed by atoms with Gasteiger partial charge in [0.25, 0.3) is 0 Å². The van der Waals surface area contributed by atoms with E-state index in [0.29, 0.717) is 6.61 Å². The molecule has 100 valence electrons. The maximum absolute atomic E-state index is 5.77. The maximum Gasteiger partial charge on any atom is 0.119 e. The summed E-state index contributed by atoms with van der Waals surface area (Å²) in [5.41, 5.74) is 2.45. The van der Waals surface area contributed by atoms with Crippen LogP contribution < -0.4 is 4.74 Å². The Bertz CT molecular complexity index is 627. The van der Waals surface area contributed by atoms with E-state index in [1.54, 1.807) is 0 Å². The van der Waals surface area contributed by atoms with Crippen LogP contribution in [0.1, 0.15) is 5.56 Å². The summed E-state index contributed by atoms with van der Waals surface area (Å²) in [5.74, 6) is 0.914. The fourth-order valence-electron chi connectivity index (χ4n) is 2.15. The lowest BCUT2D eigenvalue weighted by atomic mass is 10.2. The molecule has 0 unspecified atom stereocenters. The van der Waals surface area contributed by atoms with E-state index in [1.165, 1.54) is 5.56 Å². The van der Waals surface area contributed by atoms with Gasteiger partial charge < -0.3 is 9.30 Å². The van der Waals surface area contributed by atoms with E-state index in [2.05, 4.69) is 41.0 Å². The van der Waals surface area contributed by atoms with Crippen LogP contribution >= 0.6 is 0 Å². The Balaban J connectivity index is 1.56. The van der Waals surface area contributed by atoms with Gasteiger partial charge in [-0.25, -0.2) is 0 Å². The van der Waals surface area contributed by atoms with E-state index >= 15 is 0 Å². The van der Waals surface area contributed by atoms with Gasteiger partial charge in [0, 0.05) is 24.5 Å². The first-order valence-corrected chi connectivity index (χ1v) is 6.82. The molecule has 0 saturated heterocycles. The van der Waals surface area contributed by atoms with Crippen molar-refractivity contribution in [3.8, 4) is 11.4 Å². The van der Waals surface area contributed by atoms with Crippen LogP contribution in [0.3, 0.4) is 0 Å². The largest absolute Gasteiger partial charge is 0.493 e. The molecule has 3 rings (SSSR count). The van der Waals surface area contributed by atoms with Crippen LogP contribution in [0.25, 0.3) is 5.69 Å². The predicted molar refractivity (Wildman–Crippen MR) is 81.4 cm³/mol. The highest BCUT2D eigenvalue weighted by molar-refractivity contribution is 5.37. The minimum Gasteiger partial charge on any atom is -0.493 e. The van der Waals surface area contributed by atoms with Crippen molar-refractivity contribution in [2.24, 2.45) is 0 Å². The lowest BCUT2D eigenvalue weighted by Crippen LogP contribution is -2.01. The molecule has 1 aromatic heterocycles. The second-order valence-corrected chi connectivity index (χ2v) is 4.67. The van der Waals surface area contributed by atoms with E-state index < -0.39 is 0 Å². The first-order valence-electron chi connectivity index (χ1n) is 6.82. The maximum atomic E-state index is 5.77. The third-order valence-corrected chi connectivity index (χ3v) is 3.24. The average molecular weight is 263 g/mol. The summed E-state index contributed by atoms with van der Waals surface area (Å²) in [5, 5.41) is 0. The van der Waals surface area contributed by atoms with E-state index in [9.17, 15) is 0 Å². The van der Waals surface area contributed by atoms with Crippen molar-refractivity contribution >= 4 is 0 Å². The van der Waals surface area contributed by atoms with Crippen molar-refractivity contribution in [3.63, 3.8) is 0 Å². The number of nitrogens with zero attached hydrogens (tertiary/aromatic N) is 1. The number of hydrogen-bond donors (Lipinski definition) is 0. The zero-order valence-electron chi connectivity index (χ0n) is 11.3. The zero-order valence-corrected chi connectivity index (χ0v) is 11.3. The summed E-state index contributed by atoms with van der Waals surface area (Å²) in [7, 11) is 0. The van der Waals surface area contributed by atoms with Gasteiger partial charge in [-0.05, 0) is 42.0 Å². The molecule has 0 aliphatic heterocycles. The SMILES string of the molecule is c1ccc(CCOc2ccc(-n3cccc3)cc2)cc1. The molecule has 0 aliphatic rings. The van der Waals surface area contributed by atoms with E-state index in [0.717, 1.165) is 17.9 Å². The normalized spacial score (nSPS) is 10.4. The Hall–Kier alpha value is -2.48. The van der Waals surface area contributed by atoms with Gasteiger partial charge >= 0.3 is 0 Å². The summed E-state index contributed by atoms with van der Waals surface area (Å²) in [6.07, 6.45) is 5.00. The molecule has 1 heterocycles. The Kier molecular flexibility index (Phi) is 3.83. The molecule has 0 bridgehead atoms. The third-order valence-electron chi connectivity index (χ3n) is 3.24. The number of aromatic nitrogens is 1. The molecular weight excluding hydrogens is 246 g/mol. The molecule has 2 nitrogen and oxygen atoms in total.